The number of morpholine rings is 1. The van der Waals surface area contributed by atoms with Crippen LogP contribution in [-0.4, -0.2) is 73.7 Å². The molecule has 2 atom stereocenters. The second-order valence-corrected chi connectivity index (χ2v) is 6.17. The topological polar surface area (TPSA) is 44.8 Å². The van der Waals surface area contributed by atoms with E-state index in [9.17, 15) is 4.79 Å². The molecule has 3 fully saturated rings. The first-order chi connectivity index (χ1) is 9.22. The number of nitrogens with one attached hydrogen (secondary N) is 1. The van der Waals surface area contributed by atoms with E-state index in [-0.39, 0.29) is 5.91 Å². The van der Waals surface area contributed by atoms with E-state index >= 15 is 0 Å². The lowest BCUT2D eigenvalue weighted by Gasteiger charge is -2.36. The lowest BCUT2D eigenvalue weighted by atomic mass is 9.98. The van der Waals surface area contributed by atoms with Crippen molar-refractivity contribution < 1.29 is 9.53 Å². The summed E-state index contributed by atoms with van der Waals surface area (Å²) in [7, 11) is 2.10. The fourth-order valence-corrected chi connectivity index (χ4v) is 3.64. The number of hydrogen-bond acceptors (Lipinski definition) is 4. The summed E-state index contributed by atoms with van der Waals surface area (Å²) in [6, 6.07) is 1.94. The van der Waals surface area contributed by atoms with E-state index < -0.39 is 0 Å². The standard InChI is InChI=1S/C14H25N3O2/c1-16(10-14(18)17-4-6-19-7-5-17)13-8-11-2-3-12(9-13)15-11/h11-13,15H,2-10H2,1H3. The fourth-order valence-electron chi connectivity index (χ4n) is 3.64. The third kappa shape index (κ3) is 3.09. The summed E-state index contributed by atoms with van der Waals surface area (Å²) in [6.45, 7) is 3.44. The maximum atomic E-state index is 12.2. The van der Waals surface area contributed by atoms with Crippen molar-refractivity contribution in [3.05, 3.63) is 0 Å². The molecule has 0 aliphatic carbocycles. The molecule has 0 radical (unpaired) electrons. The van der Waals surface area contributed by atoms with Crippen molar-refractivity contribution in [3.63, 3.8) is 0 Å². The molecule has 2 unspecified atom stereocenters. The molecule has 3 heterocycles. The van der Waals surface area contributed by atoms with Gasteiger partial charge in [0, 0.05) is 31.2 Å². The van der Waals surface area contributed by atoms with E-state index in [1.54, 1.807) is 0 Å². The maximum Gasteiger partial charge on any atom is 0.236 e. The van der Waals surface area contributed by atoms with Gasteiger partial charge in [-0.3, -0.25) is 9.69 Å². The van der Waals surface area contributed by atoms with Gasteiger partial charge >= 0.3 is 0 Å². The highest BCUT2D eigenvalue weighted by Gasteiger charge is 2.35. The molecule has 3 saturated heterocycles. The van der Waals surface area contributed by atoms with Gasteiger partial charge in [0.1, 0.15) is 0 Å². The second-order valence-electron chi connectivity index (χ2n) is 6.17. The minimum absolute atomic E-state index is 0.261. The van der Waals surface area contributed by atoms with Gasteiger partial charge in [-0.25, -0.2) is 0 Å². The zero-order valence-corrected chi connectivity index (χ0v) is 11.8. The lowest BCUT2D eigenvalue weighted by Crippen LogP contribution is -2.51. The Hall–Kier alpha value is -0.650. The van der Waals surface area contributed by atoms with Crippen molar-refractivity contribution in [2.75, 3.05) is 39.9 Å². The Bertz CT molecular complexity index is 319. The van der Waals surface area contributed by atoms with Crippen LogP contribution in [0.15, 0.2) is 0 Å². The summed E-state index contributed by atoms with van der Waals surface area (Å²) < 4.78 is 5.29. The number of fused-ring (bicyclic) bond motifs is 2. The number of ether oxygens (including phenoxy) is 1. The molecule has 0 aromatic carbocycles. The number of amides is 1. The van der Waals surface area contributed by atoms with Gasteiger partial charge in [-0.05, 0) is 32.7 Å². The molecule has 108 valence electrons. The van der Waals surface area contributed by atoms with Crippen molar-refractivity contribution in [1.82, 2.24) is 15.1 Å². The molecule has 0 aromatic heterocycles. The molecule has 3 aliphatic rings. The first kappa shape index (κ1) is 13.3. The van der Waals surface area contributed by atoms with Crippen molar-refractivity contribution in [2.24, 2.45) is 0 Å². The zero-order chi connectivity index (χ0) is 13.2. The highest BCUT2D eigenvalue weighted by atomic mass is 16.5. The average Bonchev–Trinajstić information content (AvgIpc) is 2.78. The van der Waals surface area contributed by atoms with Gasteiger partial charge < -0.3 is 15.0 Å². The molecule has 1 N–H and O–H groups in total. The Labute approximate surface area is 115 Å². The molecule has 3 aliphatic heterocycles. The van der Waals surface area contributed by atoms with Crippen LogP contribution < -0.4 is 5.32 Å². The SMILES string of the molecule is CN(CC(=O)N1CCOCC1)C1CC2CCC(C1)N2. The van der Waals surface area contributed by atoms with E-state index in [1.807, 2.05) is 4.90 Å². The van der Waals surface area contributed by atoms with Crippen LogP contribution in [-0.2, 0) is 9.53 Å². The number of carbonyl (C=O) groups excluding carboxylic acids is 1. The van der Waals surface area contributed by atoms with E-state index in [0.717, 1.165) is 13.1 Å². The number of rotatable bonds is 3. The van der Waals surface area contributed by atoms with Crippen LogP contribution in [0.25, 0.3) is 0 Å². The minimum atomic E-state index is 0.261. The fraction of sp³-hybridized carbons (Fsp3) is 0.929. The number of hydrogen-bond donors (Lipinski definition) is 1. The number of carbonyl (C=O) groups is 1. The molecule has 19 heavy (non-hydrogen) atoms. The summed E-state index contributed by atoms with van der Waals surface area (Å²) in [5.74, 6) is 0.261. The van der Waals surface area contributed by atoms with Crippen molar-refractivity contribution in [3.8, 4) is 0 Å². The molecule has 5 heteroatoms. The van der Waals surface area contributed by atoms with Gasteiger partial charge in [-0.1, -0.05) is 0 Å². The zero-order valence-electron chi connectivity index (χ0n) is 11.8. The second kappa shape index (κ2) is 5.77. The van der Waals surface area contributed by atoms with Crippen LogP contribution >= 0.6 is 0 Å². The quantitative estimate of drug-likeness (QED) is 0.785. The summed E-state index contributed by atoms with van der Waals surface area (Å²) in [4.78, 5) is 16.5. The molecule has 1 amide bonds. The predicted octanol–water partition coefficient (Wildman–Crippen LogP) is 0.0600. The van der Waals surface area contributed by atoms with Gasteiger partial charge in [0.05, 0.1) is 19.8 Å². The Morgan fingerprint density at radius 3 is 2.53 bits per heavy atom. The number of nitrogens with zero attached hydrogens (tertiary/aromatic N) is 2. The third-order valence-electron chi connectivity index (χ3n) is 4.82. The Kier molecular flexibility index (Phi) is 4.05. The smallest absolute Gasteiger partial charge is 0.236 e. The normalized spacial score (nSPS) is 34.8. The highest BCUT2D eigenvalue weighted by Crippen LogP contribution is 2.29. The molecule has 3 rings (SSSR count). The molecule has 5 nitrogen and oxygen atoms in total. The van der Waals surface area contributed by atoms with Gasteiger partial charge in [0.25, 0.3) is 0 Å². The van der Waals surface area contributed by atoms with E-state index in [4.69, 9.17) is 4.74 Å². The Balaban J connectivity index is 1.50. The van der Waals surface area contributed by atoms with E-state index in [0.29, 0.717) is 37.9 Å². The van der Waals surface area contributed by atoms with Crippen LogP contribution in [0.5, 0.6) is 0 Å². The van der Waals surface area contributed by atoms with Crippen molar-refractivity contribution >= 4 is 5.91 Å². The minimum Gasteiger partial charge on any atom is -0.378 e. The maximum absolute atomic E-state index is 12.2. The molecule has 0 spiro atoms. The van der Waals surface area contributed by atoms with Crippen LogP contribution in [0, 0.1) is 0 Å². The van der Waals surface area contributed by atoms with Gasteiger partial charge in [0.2, 0.25) is 5.91 Å². The Morgan fingerprint density at radius 1 is 1.26 bits per heavy atom. The van der Waals surface area contributed by atoms with Crippen molar-refractivity contribution in [1.29, 1.82) is 0 Å². The average molecular weight is 267 g/mol. The first-order valence-corrected chi connectivity index (χ1v) is 7.54. The lowest BCUT2D eigenvalue weighted by molar-refractivity contribution is -0.136. The van der Waals surface area contributed by atoms with Gasteiger partial charge in [-0.2, -0.15) is 0 Å². The summed E-state index contributed by atoms with van der Waals surface area (Å²) in [5.41, 5.74) is 0. The van der Waals surface area contributed by atoms with E-state index in [1.165, 1.54) is 25.7 Å². The Morgan fingerprint density at radius 2 is 1.89 bits per heavy atom. The summed E-state index contributed by atoms with van der Waals surface area (Å²) in [6.07, 6.45) is 5.02. The number of piperidine rings is 1. The van der Waals surface area contributed by atoms with Gasteiger partial charge in [-0.15, -0.1) is 0 Å². The van der Waals surface area contributed by atoms with Crippen LogP contribution in [0.1, 0.15) is 25.7 Å². The molecular formula is C14H25N3O2. The molecule has 0 aromatic rings. The van der Waals surface area contributed by atoms with Crippen LogP contribution in [0.4, 0.5) is 0 Å². The van der Waals surface area contributed by atoms with Crippen molar-refractivity contribution in [2.45, 2.75) is 43.8 Å². The van der Waals surface area contributed by atoms with Crippen LogP contribution in [0.3, 0.4) is 0 Å². The summed E-state index contributed by atoms with van der Waals surface area (Å²) in [5, 5.41) is 3.65. The monoisotopic (exact) mass is 267 g/mol. The third-order valence-corrected chi connectivity index (χ3v) is 4.82. The highest BCUT2D eigenvalue weighted by molar-refractivity contribution is 5.78. The number of likely N-dealkylation sites (N-methyl/N-ethyl adjacent to an activating group) is 1. The molecule has 2 bridgehead atoms. The van der Waals surface area contributed by atoms with Gasteiger partial charge in [0.15, 0.2) is 0 Å². The molecule has 0 saturated carbocycles. The summed E-state index contributed by atoms with van der Waals surface area (Å²) >= 11 is 0. The molecular weight excluding hydrogens is 242 g/mol. The largest absolute Gasteiger partial charge is 0.378 e. The van der Waals surface area contributed by atoms with Crippen LogP contribution in [0.2, 0.25) is 0 Å². The first-order valence-electron chi connectivity index (χ1n) is 7.54. The van der Waals surface area contributed by atoms with E-state index in [2.05, 4.69) is 17.3 Å². The predicted molar refractivity (Wildman–Crippen MR) is 73.0 cm³/mol.